The van der Waals surface area contributed by atoms with E-state index in [1.807, 2.05) is 18.0 Å². The lowest BCUT2D eigenvalue weighted by atomic mass is 10.3. The summed E-state index contributed by atoms with van der Waals surface area (Å²) in [5.41, 5.74) is 1.01. The van der Waals surface area contributed by atoms with E-state index >= 15 is 0 Å². The van der Waals surface area contributed by atoms with Crippen LogP contribution in [0.3, 0.4) is 0 Å². The Morgan fingerprint density at radius 2 is 2.35 bits per heavy atom. The van der Waals surface area contributed by atoms with Gasteiger partial charge in [-0.15, -0.1) is 0 Å². The SMILES string of the molecule is COPOCCN(C)c1nccc(CCS)n1. The molecule has 17 heavy (non-hydrogen) atoms. The summed E-state index contributed by atoms with van der Waals surface area (Å²) in [6.07, 6.45) is 2.63. The number of likely N-dealkylation sites (N-methyl/N-ethyl adjacent to an activating group) is 1. The molecule has 1 aromatic heterocycles. The fraction of sp³-hybridized carbons (Fsp3) is 0.600. The second kappa shape index (κ2) is 8.64. The molecule has 0 saturated carbocycles. The average Bonchev–Trinajstić information content (AvgIpc) is 2.35. The fourth-order valence-corrected chi connectivity index (χ4v) is 1.73. The van der Waals surface area contributed by atoms with Crippen LogP contribution >= 0.6 is 21.7 Å². The van der Waals surface area contributed by atoms with Crippen molar-refractivity contribution in [1.82, 2.24) is 9.97 Å². The summed E-state index contributed by atoms with van der Waals surface area (Å²) < 4.78 is 10.1. The van der Waals surface area contributed by atoms with Gasteiger partial charge in [0.1, 0.15) is 0 Å². The van der Waals surface area contributed by atoms with E-state index in [2.05, 4.69) is 22.6 Å². The number of rotatable bonds is 8. The number of hydrogen-bond donors (Lipinski definition) is 1. The van der Waals surface area contributed by atoms with E-state index in [0.717, 1.165) is 24.4 Å². The fourth-order valence-electron chi connectivity index (χ4n) is 1.21. The Kier molecular flexibility index (Phi) is 7.44. The molecule has 1 heterocycles. The lowest BCUT2D eigenvalue weighted by Crippen LogP contribution is -2.24. The molecule has 1 rings (SSSR count). The van der Waals surface area contributed by atoms with Gasteiger partial charge >= 0.3 is 0 Å². The van der Waals surface area contributed by atoms with E-state index < -0.39 is 0 Å². The summed E-state index contributed by atoms with van der Waals surface area (Å²) >= 11 is 4.19. The Hall–Kier alpha value is -0.420. The van der Waals surface area contributed by atoms with Crippen molar-refractivity contribution in [2.24, 2.45) is 0 Å². The van der Waals surface area contributed by atoms with E-state index in [1.54, 1.807) is 13.3 Å². The van der Waals surface area contributed by atoms with Crippen LogP contribution < -0.4 is 4.90 Å². The van der Waals surface area contributed by atoms with Gasteiger partial charge in [-0.3, -0.25) is 0 Å². The third-order valence-corrected chi connectivity index (χ3v) is 2.79. The Balaban J connectivity index is 2.44. The molecular weight excluding hydrogens is 257 g/mol. The topological polar surface area (TPSA) is 47.5 Å². The molecule has 0 fully saturated rings. The molecule has 0 saturated heterocycles. The second-order valence-corrected chi connectivity index (χ2v) is 4.69. The van der Waals surface area contributed by atoms with Crippen LogP contribution in [0.4, 0.5) is 5.95 Å². The van der Waals surface area contributed by atoms with Gasteiger partial charge in [0.25, 0.3) is 0 Å². The van der Waals surface area contributed by atoms with Crippen molar-refractivity contribution in [3.63, 3.8) is 0 Å². The quantitative estimate of drug-likeness (QED) is 0.443. The predicted octanol–water partition coefficient (Wildman–Crippen LogP) is 1.56. The van der Waals surface area contributed by atoms with Gasteiger partial charge in [-0.2, -0.15) is 12.6 Å². The number of thiol groups is 1. The van der Waals surface area contributed by atoms with E-state index in [0.29, 0.717) is 12.6 Å². The van der Waals surface area contributed by atoms with Crippen LogP contribution in [-0.4, -0.2) is 43.0 Å². The maximum Gasteiger partial charge on any atom is 0.225 e. The largest absolute Gasteiger partial charge is 0.342 e. The number of hydrogen-bond acceptors (Lipinski definition) is 6. The Labute approximate surface area is 109 Å². The van der Waals surface area contributed by atoms with Crippen molar-refractivity contribution in [1.29, 1.82) is 0 Å². The minimum atomic E-state index is 0.0922. The van der Waals surface area contributed by atoms with Crippen molar-refractivity contribution in [3.05, 3.63) is 18.0 Å². The first-order chi connectivity index (χ1) is 8.27. The molecule has 0 amide bonds. The average molecular weight is 275 g/mol. The summed E-state index contributed by atoms with van der Waals surface area (Å²) in [6.45, 7) is 1.34. The van der Waals surface area contributed by atoms with Crippen LogP contribution in [0.25, 0.3) is 0 Å². The van der Waals surface area contributed by atoms with E-state index in [4.69, 9.17) is 9.05 Å². The number of anilines is 1. The minimum Gasteiger partial charge on any atom is -0.342 e. The molecule has 0 aliphatic rings. The highest BCUT2D eigenvalue weighted by Crippen LogP contribution is 2.11. The van der Waals surface area contributed by atoms with E-state index in [1.165, 1.54) is 0 Å². The summed E-state index contributed by atoms with van der Waals surface area (Å²) in [7, 11) is 3.65. The smallest absolute Gasteiger partial charge is 0.225 e. The lowest BCUT2D eigenvalue weighted by Gasteiger charge is -2.16. The first kappa shape index (κ1) is 14.6. The number of aryl methyl sites for hydroxylation is 1. The Morgan fingerprint density at radius 1 is 1.53 bits per heavy atom. The highest BCUT2D eigenvalue weighted by Gasteiger charge is 2.04. The van der Waals surface area contributed by atoms with Gasteiger partial charge in [0.15, 0.2) is 9.03 Å². The molecule has 1 unspecified atom stereocenters. The second-order valence-electron chi connectivity index (χ2n) is 3.38. The molecule has 5 nitrogen and oxygen atoms in total. The molecule has 0 spiro atoms. The normalized spacial score (nSPS) is 11.2. The van der Waals surface area contributed by atoms with Gasteiger partial charge in [-0.25, -0.2) is 9.97 Å². The maximum atomic E-state index is 5.25. The third-order valence-electron chi connectivity index (χ3n) is 2.08. The van der Waals surface area contributed by atoms with Crippen molar-refractivity contribution < 1.29 is 9.05 Å². The Bertz CT molecular complexity index is 330. The molecule has 0 N–H and O–H groups in total. The molecule has 1 aromatic rings. The van der Waals surface area contributed by atoms with Crippen molar-refractivity contribution in [2.75, 3.05) is 38.0 Å². The monoisotopic (exact) mass is 275 g/mol. The maximum absolute atomic E-state index is 5.25. The van der Waals surface area contributed by atoms with Gasteiger partial charge < -0.3 is 13.9 Å². The van der Waals surface area contributed by atoms with Crippen LogP contribution in [0, 0.1) is 0 Å². The molecule has 0 bridgehead atoms. The summed E-state index contributed by atoms with van der Waals surface area (Å²) in [5, 5.41) is 0. The number of nitrogens with zero attached hydrogens (tertiary/aromatic N) is 3. The molecule has 0 aliphatic carbocycles. The molecule has 0 radical (unpaired) electrons. The molecule has 96 valence electrons. The van der Waals surface area contributed by atoms with Gasteiger partial charge in [-0.1, -0.05) is 0 Å². The molecular formula is C10H18N3O2PS. The van der Waals surface area contributed by atoms with Crippen molar-refractivity contribution in [3.8, 4) is 0 Å². The first-order valence-electron chi connectivity index (χ1n) is 5.31. The van der Waals surface area contributed by atoms with Crippen LogP contribution in [0.1, 0.15) is 5.69 Å². The van der Waals surface area contributed by atoms with Crippen LogP contribution in [0.15, 0.2) is 12.3 Å². The molecule has 7 heteroatoms. The van der Waals surface area contributed by atoms with Crippen LogP contribution in [0.2, 0.25) is 0 Å². The summed E-state index contributed by atoms with van der Waals surface area (Å²) in [6, 6.07) is 1.91. The van der Waals surface area contributed by atoms with Gasteiger partial charge in [0.05, 0.1) is 6.61 Å². The zero-order chi connectivity index (χ0) is 12.5. The van der Waals surface area contributed by atoms with Crippen molar-refractivity contribution >= 4 is 27.6 Å². The standard InChI is InChI=1S/C10H18N3O2PS/c1-13(6-7-15-16-14-2)10-11-5-3-9(12-10)4-8-17/h3,5,16-17H,4,6-8H2,1-2H3. The molecule has 0 aromatic carbocycles. The van der Waals surface area contributed by atoms with Crippen molar-refractivity contribution in [2.45, 2.75) is 6.42 Å². The zero-order valence-electron chi connectivity index (χ0n) is 10.1. The van der Waals surface area contributed by atoms with Gasteiger partial charge in [0, 0.05) is 32.6 Å². The molecule has 0 aliphatic heterocycles. The lowest BCUT2D eigenvalue weighted by molar-refractivity contribution is 0.307. The highest BCUT2D eigenvalue weighted by atomic mass is 32.1. The minimum absolute atomic E-state index is 0.0922. The van der Waals surface area contributed by atoms with Gasteiger partial charge in [0.2, 0.25) is 5.95 Å². The van der Waals surface area contributed by atoms with E-state index in [9.17, 15) is 0 Å². The van der Waals surface area contributed by atoms with Crippen LogP contribution in [0.5, 0.6) is 0 Å². The zero-order valence-corrected chi connectivity index (χ0v) is 12.0. The summed E-state index contributed by atoms with van der Waals surface area (Å²) in [5.74, 6) is 1.51. The van der Waals surface area contributed by atoms with Gasteiger partial charge in [-0.05, 0) is 18.2 Å². The molecule has 1 atom stereocenters. The highest BCUT2D eigenvalue weighted by molar-refractivity contribution is 7.80. The van der Waals surface area contributed by atoms with Crippen LogP contribution in [-0.2, 0) is 15.5 Å². The van der Waals surface area contributed by atoms with E-state index in [-0.39, 0.29) is 9.03 Å². The Morgan fingerprint density at radius 3 is 3.06 bits per heavy atom. The third kappa shape index (κ3) is 5.64. The first-order valence-corrected chi connectivity index (χ1v) is 6.76. The predicted molar refractivity (Wildman–Crippen MR) is 74.1 cm³/mol. The number of aromatic nitrogens is 2. The summed E-state index contributed by atoms with van der Waals surface area (Å²) in [4.78, 5) is 10.6.